The lowest BCUT2D eigenvalue weighted by atomic mass is 10.1. The molecular weight excluding hydrogens is 420 g/mol. The summed E-state index contributed by atoms with van der Waals surface area (Å²) in [6.07, 6.45) is 1.04. The van der Waals surface area contributed by atoms with Crippen molar-refractivity contribution < 1.29 is 9.59 Å². The molecule has 1 aliphatic heterocycles. The van der Waals surface area contributed by atoms with Crippen LogP contribution in [0.25, 0.3) is 10.9 Å². The second kappa shape index (κ2) is 10.4. The van der Waals surface area contributed by atoms with Crippen LogP contribution in [0, 0.1) is 0 Å². The van der Waals surface area contributed by atoms with E-state index in [0.29, 0.717) is 43.6 Å². The fourth-order valence-electron chi connectivity index (χ4n) is 4.03. The number of carbonyl (C=O) groups excluding carboxylic acids is 2. The minimum Gasteiger partial charge on any atom is -0.340 e. The first-order valence-electron chi connectivity index (χ1n) is 11.3. The molecule has 0 radical (unpaired) electrons. The largest absolute Gasteiger partial charge is 0.340 e. The first kappa shape index (κ1) is 22.6. The minimum absolute atomic E-state index is 0.0298. The molecule has 2 amide bonds. The highest BCUT2D eigenvalue weighted by Crippen LogP contribution is 2.15. The molecule has 1 aliphatic rings. The second-order valence-electron chi connectivity index (χ2n) is 8.10. The van der Waals surface area contributed by atoms with Crippen molar-refractivity contribution in [3.05, 3.63) is 64.4 Å². The van der Waals surface area contributed by atoms with Gasteiger partial charge < -0.3 is 10.2 Å². The van der Waals surface area contributed by atoms with Crippen LogP contribution in [0.3, 0.4) is 0 Å². The van der Waals surface area contributed by atoms with E-state index in [4.69, 9.17) is 0 Å². The summed E-state index contributed by atoms with van der Waals surface area (Å²) in [6.45, 7) is 4.90. The van der Waals surface area contributed by atoms with Gasteiger partial charge in [-0.2, -0.15) is 0 Å². The van der Waals surface area contributed by atoms with E-state index in [0.717, 1.165) is 17.7 Å². The number of nitrogens with one attached hydrogen (secondary N) is 1. The Bertz CT molecular complexity index is 1200. The Labute approximate surface area is 192 Å². The summed E-state index contributed by atoms with van der Waals surface area (Å²) < 4.78 is 1.25. The molecule has 1 fully saturated rings. The normalized spacial score (nSPS) is 14.4. The number of piperazine rings is 1. The SMILES string of the molecule is CCc1ccccc1NC(=O)CN1CCN(C(=O)CCn2nnc3ccccc3c2=O)CC1. The molecular formula is C24H28N6O3. The van der Waals surface area contributed by atoms with Gasteiger partial charge in [-0.3, -0.25) is 19.3 Å². The molecule has 0 aliphatic carbocycles. The number of para-hydroxylation sites is 1. The number of aryl methyl sites for hydroxylation is 2. The van der Waals surface area contributed by atoms with Crippen LogP contribution in [0.1, 0.15) is 18.9 Å². The van der Waals surface area contributed by atoms with Crippen molar-refractivity contribution in [2.45, 2.75) is 26.3 Å². The monoisotopic (exact) mass is 448 g/mol. The van der Waals surface area contributed by atoms with Crippen LogP contribution in [0.5, 0.6) is 0 Å². The summed E-state index contributed by atoms with van der Waals surface area (Å²) >= 11 is 0. The molecule has 2 aromatic carbocycles. The standard InChI is InChI=1S/C24H28N6O3/c1-2-18-7-3-5-9-20(18)25-22(31)17-28-13-15-29(16-14-28)23(32)11-12-30-24(33)19-8-4-6-10-21(19)26-27-30/h3-10H,2,11-17H2,1H3,(H,25,31). The van der Waals surface area contributed by atoms with E-state index >= 15 is 0 Å². The Morgan fingerprint density at radius 1 is 1.00 bits per heavy atom. The van der Waals surface area contributed by atoms with Gasteiger partial charge in [-0.25, -0.2) is 4.68 Å². The number of hydrogen-bond donors (Lipinski definition) is 1. The number of benzene rings is 2. The summed E-state index contributed by atoms with van der Waals surface area (Å²) in [4.78, 5) is 41.5. The number of fused-ring (bicyclic) bond motifs is 1. The Balaban J connectivity index is 1.25. The zero-order valence-corrected chi connectivity index (χ0v) is 18.7. The van der Waals surface area contributed by atoms with Gasteiger partial charge in [-0.15, -0.1) is 5.10 Å². The number of amides is 2. The van der Waals surface area contributed by atoms with Crippen molar-refractivity contribution in [2.75, 3.05) is 38.0 Å². The molecule has 1 N–H and O–H groups in total. The lowest BCUT2D eigenvalue weighted by molar-refractivity contribution is -0.133. The Kier molecular flexibility index (Phi) is 7.09. The van der Waals surface area contributed by atoms with Gasteiger partial charge >= 0.3 is 0 Å². The van der Waals surface area contributed by atoms with Crippen LogP contribution < -0.4 is 10.9 Å². The average Bonchev–Trinajstić information content (AvgIpc) is 2.84. The summed E-state index contributed by atoms with van der Waals surface area (Å²) in [5.74, 6) is -0.0808. The van der Waals surface area contributed by atoms with Crippen molar-refractivity contribution in [3.63, 3.8) is 0 Å². The number of nitrogens with zero attached hydrogens (tertiary/aromatic N) is 5. The third-order valence-corrected chi connectivity index (χ3v) is 5.93. The quantitative estimate of drug-likeness (QED) is 0.588. The fraction of sp³-hybridized carbons (Fsp3) is 0.375. The Morgan fingerprint density at radius 3 is 2.52 bits per heavy atom. The van der Waals surface area contributed by atoms with E-state index in [1.807, 2.05) is 29.2 Å². The maximum atomic E-state index is 12.7. The predicted octanol–water partition coefficient (Wildman–Crippen LogP) is 1.53. The molecule has 1 aromatic heterocycles. The summed E-state index contributed by atoms with van der Waals surface area (Å²) in [6, 6.07) is 14.8. The molecule has 2 heterocycles. The van der Waals surface area contributed by atoms with Gasteiger partial charge in [0.2, 0.25) is 11.8 Å². The Hall–Kier alpha value is -3.59. The predicted molar refractivity (Wildman–Crippen MR) is 126 cm³/mol. The van der Waals surface area contributed by atoms with Crippen LogP contribution >= 0.6 is 0 Å². The van der Waals surface area contributed by atoms with Crippen molar-refractivity contribution in [1.82, 2.24) is 24.8 Å². The zero-order valence-electron chi connectivity index (χ0n) is 18.7. The van der Waals surface area contributed by atoms with Crippen molar-refractivity contribution >= 4 is 28.4 Å². The van der Waals surface area contributed by atoms with Crippen molar-refractivity contribution in [1.29, 1.82) is 0 Å². The third-order valence-electron chi connectivity index (χ3n) is 5.93. The summed E-state index contributed by atoms with van der Waals surface area (Å²) in [7, 11) is 0. The van der Waals surface area contributed by atoms with Crippen LogP contribution in [0.2, 0.25) is 0 Å². The molecule has 0 bridgehead atoms. The summed E-state index contributed by atoms with van der Waals surface area (Å²) in [5, 5.41) is 11.5. The van der Waals surface area contributed by atoms with E-state index in [2.05, 4.69) is 22.6 Å². The van der Waals surface area contributed by atoms with E-state index in [9.17, 15) is 14.4 Å². The summed E-state index contributed by atoms with van der Waals surface area (Å²) in [5.41, 5.74) is 2.26. The highest BCUT2D eigenvalue weighted by molar-refractivity contribution is 5.93. The third kappa shape index (κ3) is 5.43. The van der Waals surface area contributed by atoms with Crippen LogP contribution in [-0.4, -0.2) is 69.3 Å². The molecule has 0 unspecified atom stereocenters. The number of aromatic nitrogens is 3. The van der Waals surface area contributed by atoms with E-state index in [1.54, 1.807) is 29.2 Å². The molecule has 9 heteroatoms. The number of rotatable bonds is 7. The lowest BCUT2D eigenvalue weighted by Gasteiger charge is -2.34. The van der Waals surface area contributed by atoms with Gasteiger partial charge in [0.25, 0.3) is 5.56 Å². The van der Waals surface area contributed by atoms with Crippen molar-refractivity contribution in [3.8, 4) is 0 Å². The smallest absolute Gasteiger partial charge is 0.277 e. The van der Waals surface area contributed by atoms with Gasteiger partial charge in [0.1, 0.15) is 5.52 Å². The molecule has 0 spiro atoms. The molecule has 1 saturated heterocycles. The lowest BCUT2D eigenvalue weighted by Crippen LogP contribution is -2.50. The van der Waals surface area contributed by atoms with Gasteiger partial charge in [0.05, 0.1) is 18.5 Å². The second-order valence-corrected chi connectivity index (χ2v) is 8.10. The molecule has 0 saturated carbocycles. The number of anilines is 1. The first-order valence-corrected chi connectivity index (χ1v) is 11.3. The zero-order chi connectivity index (χ0) is 23.2. The highest BCUT2D eigenvalue weighted by atomic mass is 16.2. The Morgan fingerprint density at radius 2 is 1.73 bits per heavy atom. The molecule has 0 atom stereocenters. The molecule has 3 aromatic rings. The van der Waals surface area contributed by atoms with Gasteiger partial charge in [-0.05, 0) is 30.2 Å². The van der Waals surface area contributed by atoms with Crippen LogP contribution in [-0.2, 0) is 22.6 Å². The molecule has 9 nitrogen and oxygen atoms in total. The van der Waals surface area contributed by atoms with E-state index < -0.39 is 0 Å². The number of carbonyl (C=O) groups is 2. The topological polar surface area (TPSA) is 100 Å². The molecule has 172 valence electrons. The van der Waals surface area contributed by atoms with Crippen LogP contribution in [0.4, 0.5) is 5.69 Å². The molecule has 33 heavy (non-hydrogen) atoms. The van der Waals surface area contributed by atoms with Crippen molar-refractivity contribution in [2.24, 2.45) is 0 Å². The van der Waals surface area contributed by atoms with Crippen LogP contribution in [0.15, 0.2) is 53.3 Å². The average molecular weight is 449 g/mol. The van der Waals surface area contributed by atoms with Gasteiger partial charge in [-0.1, -0.05) is 42.5 Å². The minimum atomic E-state index is -0.242. The van der Waals surface area contributed by atoms with Gasteiger partial charge in [0.15, 0.2) is 0 Å². The maximum Gasteiger partial charge on any atom is 0.277 e. The molecule has 4 rings (SSSR count). The van der Waals surface area contributed by atoms with E-state index in [-0.39, 0.29) is 30.3 Å². The fourth-order valence-corrected chi connectivity index (χ4v) is 4.03. The highest BCUT2D eigenvalue weighted by Gasteiger charge is 2.22. The number of hydrogen-bond acceptors (Lipinski definition) is 6. The first-order chi connectivity index (χ1) is 16.0. The van der Waals surface area contributed by atoms with Gasteiger partial charge in [0, 0.05) is 38.3 Å². The van der Waals surface area contributed by atoms with E-state index in [1.165, 1.54) is 4.68 Å². The maximum absolute atomic E-state index is 12.7.